The van der Waals surface area contributed by atoms with Gasteiger partial charge in [0.15, 0.2) is 5.16 Å². The van der Waals surface area contributed by atoms with Crippen molar-refractivity contribution in [3.63, 3.8) is 0 Å². The van der Waals surface area contributed by atoms with Crippen LogP contribution in [-0.4, -0.2) is 32.5 Å². The Morgan fingerprint density at radius 2 is 1.93 bits per heavy atom. The Balaban J connectivity index is 1.49. The molecule has 0 radical (unpaired) electrons. The minimum Gasteiger partial charge on any atom is -0.333 e. The fourth-order valence-electron chi connectivity index (χ4n) is 2.27. The zero-order chi connectivity index (χ0) is 19.4. The summed E-state index contributed by atoms with van der Waals surface area (Å²) in [5.74, 6) is -0.923. The van der Waals surface area contributed by atoms with Crippen LogP contribution in [-0.2, 0) is 4.79 Å². The van der Waals surface area contributed by atoms with Crippen molar-refractivity contribution in [2.75, 3.05) is 5.75 Å². The number of imidazole rings is 1. The summed E-state index contributed by atoms with van der Waals surface area (Å²) in [6, 6.07) is 10.9. The molecule has 0 saturated heterocycles. The van der Waals surface area contributed by atoms with Gasteiger partial charge in [-0.25, -0.2) is 4.98 Å². The van der Waals surface area contributed by atoms with Crippen LogP contribution in [0.4, 0.5) is 5.69 Å². The number of carbonyl (C=O) groups excluding carboxylic acids is 2. The number of carbonyl (C=O) groups is 2. The van der Waals surface area contributed by atoms with Gasteiger partial charge in [-0.1, -0.05) is 17.8 Å². The third kappa shape index (κ3) is 4.61. The van der Waals surface area contributed by atoms with Crippen molar-refractivity contribution in [3.8, 4) is 0 Å². The molecule has 0 bridgehead atoms. The lowest BCUT2D eigenvalue weighted by Gasteiger charge is -2.06. The van der Waals surface area contributed by atoms with E-state index in [1.165, 1.54) is 36.0 Å². The fraction of sp³-hybridized carbons (Fsp3) is 0.118. The number of non-ortho nitro benzene ring substituents is 1. The molecule has 0 spiro atoms. The predicted molar refractivity (Wildman–Crippen MR) is 100 cm³/mol. The molecule has 0 atom stereocenters. The average molecular weight is 385 g/mol. The lowest BCUT2D eigenvalue weighted by molar-refractivity contribution is -0.384. The van der Waals surface area contributed by atoms with Gasteiger partial charge in [-0.05, 0) is 36.8 Å². The lowest BCUT2D eigenvalue weighted by Crippen LogP contribution is -2.42. The standard InChI is InChI=1S/C17H15N5O4S/c1-10-2-7-13-14(8-10)19-17(18-13)27-9-15(23)20-21-16(24)11-3-5-12(6-4-11)22(25)26/h2-8H,9H2,1H3,(H,18,19)(H,20,23)(H,21,24). The summed E-state index contributed by atoms with van der Waals surface area (Å²) in [5.41, 5.74) is 7.45. The normalized spacial score (nSPS) is 10.6. The number of hydrogen-bond acceptors (Lipinski definition) is 6. The van der Waals surface area contributed by atoms with Gasteiger partial charge in [0.2, 0.25) is 5.91 Å². The molecule has 9 nitrogen and oxygen atoms in total. The van der Waals surface area contributed by atoms with Crippen LogP contribution in [0.15, 0.2) is 47.6 Å². The molecule has 27 heavy (non-hydrogen) atoms. The number of aryl methyl sites for hydroxylation is 1. The molecule has 0 aliphatic heterocycles. The van der Waals surface area contributed by atoms with Crippen LogP contribution in [0, 0.1) is 17.0 Å². The molecular weight excluding hydrogens is 370 g/mol. The molecule has 0 saturated carbocycles. The van der Waals surface area contributed by atoms with E-state index in [-0.39, 0.29) is 17.0 Å². The summed E-state index contributed by atoms with van der Waals surface area (Å²) in [4.78, 5) is 41.4. The second kappa shape index (κ2) is 7.87. The molecule has 0 aliphatic carbocycles. The minimum atomic E-state index is -0.567. The van der Waals surface area contributed by atoms with Gasteiger partial charge < -0.3 is 4.98 Å². The van der Waals surface area contributed by atoms with Crippen LogP contribution in [0.3, 0.4) is 0 Å². The summed E-state index contributed by atoms with van der Waals surface area (Å²) >= 11 is 1.21. The number of fused-ring (bicyclic) bond motifs is 1. The number of rotatable bonds is 5. The maximum Gasteiger partial charge on any atom is 0.269 e. The molecule has 0 fully saturated rings. The molecule has 10 heteroatoms. The average Bonchev–Trinajstić information content (AvgIpc) is 3.06. The number of hydrazine groups is 1. The Kier molecular flexibility index (Phi) is 5.36. The largest absolute Gasteiger partial charge is 0.333 e. The highest BCUT2D eigenvalue weighted by Gasteiger charge is 2.11. The number of aromatic nitrogens is 2. The van der Waals surface area contributed by atoms with Gasteiger partial charge in [-0.15, -0.1) is 0 Å². The maximum atomic E-state index is 11.9. The molecule has 2 amide bonds. The summed E-state index contributed by atoms with van der Waals surface area (Å²) in [6.45, 7) is 1.98. The van der Waals surface area contributed by atoms with Crippen molar-refractivity contribution in [2.45, 2.75) is 12.1 Å². The van der Waals surface area contributed by atoms with E-state index in [1.807, 2.05) is 25.1 Å². The van der Waals surface area contributed by atoms with Gasteiger partial charge >= 0.3 is 0 Å². The summed E-state index contributed by atoms with van der Waals surface area (Å²) in [7, 11) is 0. The SMILES string of the molecule is Cc1ccc2nc(SCC(=O)NNC(=O)c3ccc([N+](=O)[O-])cc3)[nH]c2c1. The number of nitro groups is 1. The van der Waals surface area contributed by atoms with Gasteiger partial charge in [0.1, 0.15) is 0 Å². The molecule has 138 valence electrons. The minimum absolute atomic E-state index is 0.0549. The number of amides is 2. The van der Waals surface area contributed by atoms with Crippen LogP contribution < -0.4 is 10.9 Å². The number of H-pyrrole nitrogens is 1. The van der Waals surface area contributed by atoms with Crippen LogP contribution in [0.2, 0.25) is 0 Å². The van der Waals surface area contributed by atoms with E-state index >= 15 is 0 Å². The first kappa shape index (κ1) is 18.4. The van der Waals surface area contributed by atoms with Crippen molar-refractivity contribution < 1.29 is 14.5 Å². The number of aromatic amines is 1. The van der Waals surface area contributed by atoms with Crippen molar-refractivity contribution in [1.29, 1.82) is 0 Å². The van der Waals surface area contributed by atoms with E-state index in [1.54, 1.807) is 0 Å². The highest BCUT2D eigenvalue weighted by atomic mass is 32.2. The topological polar surface area (TPSA) is 130 Å². The van der Waals surface area contributed by atoms with Crippen LogP contribution >= 0.6 is 11.8 Å². The van der Waals surface area contributed by atoms with E-state index in [0.29, 0.717) is 5.16 Å². The van der Waals surface area contributed by atoms with Crippen molar-refractivity contribution in [1.82, 2.24) is 20.8 Å². The quantitative estimate of drug-likeness (QED) is 0.351. The zero-order valence-corrected chi connectivity index (χ0v) is 15.0. The molecule has 3 rings (SSSR count). The maximum absolute atomic E-state index is 11.9. The first-order valence-electron chi connectivity index (χ1n) is 7.85. The fourth-order valence-corrected chi connectivity index (χ4v) is 2.96. The smallest absolute Gasteiger partial charge is 0.269 e. The lowest BCUT2D eigenvalue weighted by atomic mass is 10.2. The number of hydrogen-bond donors (Lipinski definition) is 3. The van der Waals surface area contributed by atoms with Gasteiger partial charge in [0.25, 0.3) is 11.6 Å². The molecule has 2 aromatic carbocycles. The van der Waals surface area contributed by atoms with E-state index in [4.69, 9.17) is 0 Å². The summed E-state index contributed by atoms with van der Waals surface area (Å²) < 4.78 is 0. The van der Waals surface area contributed by atoms with E-state index < -0.39 is 16.7 Å². The third-order valence-corrected chi connectivity index (χ3v) is 4.48. The van der Waals surface area contributed by atoms with Crippen LogP contribution in [0.1, 0.15) is 15.9 Å². The van der Waals surface area contributed by atoms with Crippen LogP contribution in [0.25, 0.3) is 11.0 Å². The second-order valence-corrected chi connectivity index (χ2v) is 6.62. The molecule has 0 unspecified atom stereocenters. The van der Waals surface area contributed by atoms with Crippen molar-refractivity contribution in [3.05, 3.63) is 63.7 Å². The summed E-state index contributed by atoms with van der Waals surface area (Å²) in [6.07, 6.45) is 0. The molecule has 3 N–H and O–H groups in total. The first-order valence-corrected chi connectivity index (χ1v) is 8.84. The van der Waals surface area contributed by atoms with Crippen molar-refractivity contribution in [2.24, 2.45) is 0 Å². The number of nitro benzene ring substituents is 1. The molecular formula is C17H15N5O4S. The molecule has 0 aliphatic rings. The van der Waals surface area contributed by atoms with E-state index in [9.17, 15) is 19.7 Å². The highest BCUT2D eigenvalue weighted by Crippen LogP contribution is 2.20. The molecule has 3 aromatic rings. The Morgan fingerprint density at radius 3 is 2.63 bits per heavy atom. The van der Waals surface area contributed by atoms with Crippen LogP contribution in [0.5, 0.6) is 0 Å². The van der Waals surface area contributed by atoms with Gasteiger partial charge in [-0.2, -0.15) is 0 Å². The second-order valence-electron chi connectivity index (χ2n) is 5.66. The number of nitrogens with zero attached hydrogens (tertiary/aromatic N) is 2. The molecule has 1 aromatic heterocycles. The molecule has 1 heterocycles. The van der Waals surface area contributed by atoms with Gasteiger partial charge in [0, 0.05) is 17.7 Å². The Hall–Kier alpha value is -3.40. The third-order valence-electron chi connectivity index (χ3n) is 3.61. The van der Waals surface area contributed by atoms with Gasteiger partial charge in [-0.3, -0.25) is 30.6 Å². The predicted octanol–water partition coefficient (Wildman–Crippen LogP) is 2.33. The van der Waals surface area contributed by atoms with E-state index in [2.05, 4.69) is 20.8 Å². The Bertz CT molecular complexity index is 1020. The number of thioether (sulfide) groups is 1. The Morgan fingerprint density at radius 1 is 1.19 bits per heavy atom. The van der Waals surface area contributed by atoms with Gasteiger partial charge in [0.05, 0.1) is 21.7 Å². The monoisotopic (exact) mass is 385 g/mol. The summed E-state index contributed by atoms with van der Waals surface area (Å²) in [5, 5.41) is 11.2. The highest BCUT2D eigenvalue weighted by molar-refractivity contribution is 7.99. The first-order chi connectivity index (χ1) is 12.9. The number of benzene rings is 2. The number of nitrogens with one attached hydrogen (secondary N) is 3. The van der Waals surface area contributed by atoms with Crippen molar-refractivity contribution >= 4 is 40.3 Å². The van der Waals surface area contributed by atoms with E-state index in [0.717, 1.165) is 16.6 Å². The zero-order valence-electron chi connectivity index (χ0n) is 14.2. The Labute approximate surface area is 157 Å².